The molecule has 1 aromatic rings. The number of aliphatic hydroxyl groups is 2. The lowest BCUT2D eigenvalue weighted by molar-refractivity contribution is -0.154. The van der Waals surface area contributed by atoms with Crippen molar-refractivity contribution in [2.24, 2.45) is 11.3 Å². The zero-order valence-electron chi connectivity index (χ0n) is 14.2. The van der Waals surface area contributed by atoms with Crippen molar-refractivity contribution < 1.29 is 28.9 Å². The van der Waals surface area contributed by atoms with E-state index in [4.69, 9.17) is 13.9 Å². The number of esters is 1. The van der Waals surface area contributed by atoms with Crippen LogP contribution >= 0.6 is 0 Å². The normalized spacial score (nSPS) is 47.4. The molecule has 1 aromatic heterocycles. The van der Waals surface area contributed by atoms with E-state index in [1.807, 2.05) is 6.92 Å². The zero-order chi connectivity index (χ0) is 17.9. The average molecular weight is 348 g/mol. The first-order valence-electron chi connectivity index (χ1n) is 8.60. The van der Waals surface area contributed by atoms with Crippen molar-refractivity contribution in [3.63, 3.8) is 0 Å². The third kappa shape index (κ3) is 1.58. The summed E-state index contributed by atoms with van der Waals surface area (Å²) < 4.78 is 16.7. The highest BCUT2D eigenvalue weighted by molar-refractivity contribution is 5.82. The molecule has 134 valence electrons. The molecule has 0 amide bonds. The Hall–Kier alpha value is -1.70. The van der Waals surface area contributed by atoms with Gasteiger partial charge >= 0.3 is 11.6 Å². The van der Waals surface area contributed by atoms with Crippen molar-refractivity contribution >= 4 is 5.97 Å². The molecule has 1 saturated carbocycles. The van der Waals surface area contributed by atoms with Gasteiger partial charge in [0.1, 0.15) is 29.5 Å². The minimum atomic E-state index is -1.07. The fourth-order valence-electron chi connectivity index (χ4n) is 5.77. The van der Waals surface area contributed by atoms with Crippen LogP contribution in [0.5, 0.6) is 0 Å². The second-order valence-corrected chi connectivity index (χ2v) is 8.15. The maximum Gasteiger partial charge on any atom is 0.336 e. The number of carbonyl (C=O) groups excluding carboxylic acids is 1. The smallest absolute Gasteiger partial charge is 0.336 e. The van der Waals surface area contributed by atoms with E-state index in [9.17, 15) is 19.8 Å². The van der Waals surface area contributed by atoms with Gasteiger partial charge in [0.25, 0.3) is 0 Å². The Morgan fingerprint density at radius 1 is 1.28 bits per heavy atom. The molecule has 2 N–H and O–H groups in total. The summed E-state index contributed by atoms with van der Waals surface area (Å²) in [5.74, 6) is -0.515. The summed E-state index contributed by atoms with van der Waals surface area (Å²) in [5, 5.41) is 20.8. The molecular formula is C18H20O7. The van der Waals surface area contributed by atoms with Crippen LogP contribution in [0.2, 0.25) is 0 Å². The highest BCUT2D eigenvalue weighted by Crippen LogP contribution is 2.66. The number of aliphatic hydroxyl groups excluding tert-OH is 2. The van der Waals surface area contributed by atoms with Gasteiger partial charge in [0.05, 0.1) is 12.2 Å². The molecule has 0 aromatic carbocycles. The van der Waals surface area contributed by atoms with Crippen LogP contribution in [-0.2, 0) is 26.1 Å². The Balaban J connectivity index is 1.81. The summed E-state index contributed by atoms with van der Waals surface area (Å²) in [4.78, 5) is 24.8. The minimum absolute atomic E-state index is 0.218. The molecule has 2 aliphatic heterocycles. The Kier molecular flexibility index (Phi) is 2.70. The van der Waals surface area contributed by atoms with Gasteiger partial charge in [-0.2, -0.15) is 0 Å². The van der Waals surface area contributed by atoms with Gasteiger partial charge in [-0.3, -0.25) is 4.79 Å². The summed E-state index contributed by atoms with van der Waals surface area (Å²) in [5.41, 5.74) is -0.825. The van der Waals surface area contributed by atoms with Gasteiger partial charge < -0.3 is 24.1 Å². The van der Waals surface area contributed by atoms with Crippen molar-refractivity contribution in [3.05, 3.63) is 33.4 Å². The largest absolute Gasteiger partial charge is 0.461 e. The lowest BCUT2D eigenvalue weighted by atomic mass is 9.49. The third-order valence-electron chi connectivity index (χ3n) is 6.86. The van der Waals surface area contributed by atoms with Crippen LogP contribution in [0.15, 0.2) is 15.3 Å². The van der Waals surface area contributed by atoms with Crippen LogP contribution in [0.25, 0.3) is 0 Å². The van der Waals surface area contributed by atoms with E-state index >= 15 is 0 Å². The fraction of sp³-hybridized carbons (Fsp3) is 0.667. The van der Waals surface area contributed by atoms with Gasteiger partial charge in [0.15, 0.2) is 0 Å². The summed E-state index contributed by atoms with van der Waals surface area (Å²) in [6.45, 7) is 5.23. The van der Waals surface area contributed by atoms with Crippen LogP contribution in [0.1, 0.15) is 43.8 Å². The second-order valence-electron chi connectivity index (χ2n) is 8.15. The first kappa shape index (κ1) is 15.5. The molecule has 7 nitrogen and oxygen atoms in total. The Bertz CT molecular complexity index is 857. The van der Waals surface area contributed by atoms with Gasteiger partial charge in [0, 0.05) is 29.4 Å². The van der Waals surface area contributed by atoms with Crippen molar-refractivity contribution in [1.82, 2.24) is 0 Å². The molecule has 5 rings (SSSR count). The van der Waals surface area contributed by atoms with Crippen molar-refractivity contribution in [2.45, 2.75) is 63.1 Å². The molecule has 7 heteroatoms. The fourth-order valence-corrected chi connectivity index (χ4v) is 5.77. The van der Waals surface area contributed by atoms with E-state index in [1.165, 1.54) is 6.07 Å². The first-order valence-corrected chi connectivity index (χ1v) is 8.60. The molecule has 25 heavy (non-hydrogen) atoms. The quantitative estimate of drug-likeness (QED) is 0.551. The number of hydrogen-bond donors (Lipinski definition) is 2. The van der Waals surface area contributed by atoms with E-state index in [0.717, 1.165) is 5.56 Å². The molecule has 4 unspecified atom stereocenters. The SMILES string of the molecule is CC(O)c1oc(=O)cc2c1C[C@H]1OC(=O)[C@@]3(C)C(O)C4OC4[C@@]2(C)[C@@H]13. The maximum atomic E-state index is 12.7. The van der Waals surface area contributed by atoms with Crippen LogP contribution < -0.4 is 5.63 Å². The van der Waals surface area contributed by atoms with Crippen molar-refractivity contribution in [1.29, 1.82) is 0 Å². The zero-order valence-corrected chi connectivity index (χ0v) is 14.2. The van der Waals surface area contributed by atoms with Gasteiger partial charge in [-0.15, -0.1) is 0 Å². The molecular weight excluding hydrogens is 328 g/mol. The maximum absolute atomic E-state index is 12.7. The minimum Gasteiger partial charge on any atom is -0.461 e. The summed E-state index contributed by atoms with van der Waals surface area (Å²) in [6.07, 6.45) is -2.71. The van der Waals surface area contributed by atoms with E-state index in [0.29, 0.717) is 12.0 Å². The highest BCUT2D eigenvalue weighted by atomic mass is 16.6. The number of epoxide rings is 1. The number of fused-ring (bicyclic) bond motifs is 4. The van der Waals surface area contributed by atoms with Crippen LogP contribution in [0.4, 0.5) is 0 Å². The van der Waals surface area contributed by atoms with Crippen molar-refractivity contribution in [2.75, 3.05) is 0 Å². The first-order chi connectivity index (χ1) is 11.7. The molecule has 0 spiro atoms. The van der Waals surface area contributed by atoms with Gasteiger partial charge in [-0.1, -0.05) is 6.92 Å². The van der Waals surface area contributed by atoms with Gasteiger partial charge in [-0.05, 0) is 19.4 Å². The molecule has 2 aliphatic carbocycles. The Morgan fingerprint density at radius 3 is 2.68 bits per heavy atom. The average Bonchev–Trinajstić information content (AvgIpc) is 3.29. The summed E-state index contributed by atoms with van der Waals surface area (Å²) >= 11 is 0. The number of ether oxygens (including phenoxy) is 2. The number of rotatable bonds is 1. The lowest BCUT2D eigenvalue weighted by Gasteiger charge is -2.50. The van der Waals surface area contributed by atoms with E-state index in [2.05, 4.69) is 0 Å². The lowest BCUT2D eigenvalue weighted by Crippen LogP contribution is -2.62. The molecule has 4 aliphatic rings. The van der Waals surface area contributed by atoms with Crippen LogP contribution in [0.3, 0.4) is 0 Å². The predicted molar refractivity (Wildman–Crippen MR) is 82.8 cm³/mol. The number of hydrogen-bond acceptors (Lipinski definition) is 7. The molecule has 0 bridgehead atoms. The number of carbonyl (C=O) groups is 1. The second kappa shape index (κ2) is 4.34. The monoisotopic (exact) mass is 348 g/mol. The molecule has 2 saturated heterocycles. The Labute approximate surface area is 143 Å². The standard InChI is InChI=1S/C18H20O7/c1-6(19)11-7-4-9-13-17(2,8(7)5-10(20)24-11)15-12(25-15)14(21)18(13,3)16(22)23-9/h5-6,9,12-15,19,21H,4H2,1-3H3/t6?,9-,12?,13-,14?,15?,17-,18-/m1/s1. The molecule has 3 fully saturated rings. The summed E-state index contributed by atoms with van der Waals surface area (Å²) in [6, 6.07) is 1.44. The summed E-state index contributed by atoms with van der Waals surface area (Å²) in [7, 11) is 0. The van der Waals surface area contributed by atoms with E-state index < -0.39 is 46.8 Å². The molecule has 3 heterocycles. The predicted octanol–water partition coefficient (Wildman–Crippen LogP) is 0.197. The van der Waals surface area contributed by atoms with E-state index in [-0.39, 0.29) is 17.8 Å². The van der Waals surface area contributed by atoms with Gasteiger partial charge in [-0.25, -0.2) is 4.79 Å². The van der Waals surface area contributed by atoms with Crippen molar-refractivity contribution in [3.8, 4) is 0 Å². The highest BCUT2D eigenvalue weighted by Gasteiger charge is 2.78. The third-order valence-corrected chi connectivity index (χ3v) is 6.86. The van der Waals surface area contributed by atoms with Crippen LogP contribution in [-0.4, -0.2) is 40.6 Å². The van der Waals surface area contributed by atoms with E-state index in [1.54, 1.807) is 13.8 Å². The Morgan fingerprint density at radius 2 is 2.00 bits per heavy atom. The molecule has 0 radical (unpaired) electrons. The van der Waals surface area contributed by atoms with Crippen LogP contribution in [0, 0.1) is 11.3 Å². The molecule has 8 atom stereocenters. The topological polar surface area (TPSA) is 110 Å². The van der Waals surface area contributed by atoms with Gasteiger partial charge in [0.2, 0.25) is 0 Å².